The van der Waals surface area contributed by atoms with Crippen LogP contribution in [0.25, 0.3) is 0 Å². The van der Waals surface area contributed by atoms with E-state index in [0.29, 0.717) is 16.3 Å². The molecule has 0 radical (unpaired) electrons. The summed E-state index contributed by atoms with van der Waals surface area (Å²) >= 11 is 7.22. The van der Waals surface area contributed by atoms with Crippen LogP contribution >= 0.6 is 23.4 Å². The third-order valence-electron chi connectivity index (χ3n) is 2.94. The highest BCUT2D eigenvalue weighted by atomic mass is 35.5. The fraction of sp³-hybridized carbons (Fsp3) is 0.133. The van der Waals surface area contributed by atoms with Gasteiger partial charge in [-0.1, -0.05) is 23.7 Å². The summed E-state index contributed by atoms with van der Waals surface area (Å²) in [7, 11) is -3.82. The van der Waals surface area contributed by atoms with Crippen molar-refractivity contribution in [1.29, 1.82) is 0 Å². The number of amides is 1. The minimum absolute atomic E-state index is 0.00204. The van der Waals surface area contributed by atoms with Crippen LogP contribution in [-0.2, 0) is 14.8 Å². The second kappa shape index (κ2) is 7.35. The van der Waals surface area contributed by atoms with E-state index in [-0.39, 0.29) is 16.6 Å². The third kappa shape index (κ3) is 5.24. The van der Waals surface area contributed by atoms with Crippen LogP contribution in [0, 0.1) is 6.92 Å². The zero-order valence-electron chi connectivity index (χ0n) is 12.2. The number of aryl methyl sites for hydroxylation is 1. The number of carbonyl (C=O) groups is 1. The number of sulfonamides is 1. The number of primary sulfonamides is 1. The van der Waals surface area contributed by atoms with Gasteiger partial charge in [0.25, 0.3) is 0 Å². The zero-order chi connectivity index (χ0) is 17.0. The number of carbonyl (C=O) groups excluding carboxylic acids is 1. The standard InChI is InChI=1S/C15H15ClN2O3S2/c1-10-5-6-12(8-14(10)23(17,20)21)18-15(19)9-22-13-4-2-3-11(16)7-13/h2-8H,9H2,1H3,(H,18,19)(H2,17,20,21). The molecule has 122 valence electrons. The van der Waals surface area contributed by atoms with Gasteiger partial charge >= 0.3 is 0 Å². The first-order chi connectivity index (χ1) is 10.8. The van der Waals surface area contributed by atoms with Crippen molar-refractivity contribution in [1.82, 2.24) is 0 Å². The number of hydrogen-bond acceptors (Lipinski definition) is 4. The van der Waals surface area contributed by atoms with E-state index in [0.717, 1.165) is 4.90 Å². The summed E-state index contributed by atoms with van der Waals surface area (Å²) in [6.07, 6.45) is 0. The first kappa shape index (κ1) is 17.8. The van der Waals surface area contributed by atoms with Crippen molar-refractivity contribution in [2.24, 2.45) is 5.14 Å². The molecule has 0 saturated heterocycles. The summed E-state index contributed by atoms with van der Waals surface area (Å²) in [5, 5.41) is 8.41. The Kier molecular flexibility index (Phi) is 5.69. The number of thioether (sulfide) groups is 1. The molecule has 3 N–H and O–H groups in total. The second-order valence-corrected chi connectivity index (χ2v) is 7.83. The van der Waals surface area contributed by atoms with Gasteiger partial charge in [-0.25, -0.2) is 13.6 Å². The Morgan fingerprint density at radius 2 is 2.00 bits per heavy atom. The minimum Gasteiger partial charge on any atom is -0.325 e. The van der Waals surface area contributed by atoms with Gasteiger partial charge in [-0.3, -0.25) is 4.79 Å². The van der Waals surface area contributed by atoms with Gasteiger partial charge in [0.05, 0.1) is 10.6 Å². The highest BCUT2D eigenvalue weighted by molar-refractivity contribution is 8.00. The predicted octanol–water partition coefficient (Wildman–Crippen LogP) is 3.03. The SMILES string of the molecule is Cc1ccc(NC(=O)CSc2cccc(Cl)c2)cc1S(N)(=O)=O. The molecule has 23 heavy (non-hydrogen) atoms. The van der Waals surface area contributed by atoms with Gasteiger partial charge in [-0.05, 0) is 42.8 Å². The Morgan fingerprint density at radius 1 is 1.26 bits per heavy atom. The van der Waals surface area contributed by atoms with E-state index >= 15 is 0 Å². The molecule has 2 aromatic carbocycles. The van der Waals surface area contributed by atoms with Crippen molar-refractivity contribution < 1.29 is 13.2 Å². The lowest BCUT2D eigenvalue weighted by Gasteiger charge is -2.09. The first-order valence-corrected chi connectivity index (χ1v) is 9.48. The number of rotatable bonds is 5. The fourth-order valence-corrected chi connectivity index (χ4v) is 3.71. The molecule has 0 spiro atoms. The number of anilines is 1. The summed E-state index contributed by atoms with van der Waals surface area (Å²) in [4.78, 5) is 12.8. The lowest BCUT2D eigenvalue weighted by Crippen LogP contribution is -2.17. The zero-order valence-corrected chi connectivity index (χ0v) is 14.6. The minimum atomic E-state index is -3.82. The molecule has 0 fully saturated rings. The molecule has 8 heteroatoms. The van der Waals surface area contributed by atoms with Crippen molar-refractivity contribution in [2.75, 3.05) is 11.1 Å². The highest BCUT2D eigenvalue weighted by Gasteiger charge is 2.13. The molecule has 0 atom stereocenters. The number of halogens is 1. The maximum absolute atomic E-state index is 12.0. The van der Waals surface area contributed by atoms with Crippen LogP contribution in [0.3, 0.4) is 0 Å². The van der Waals surface area contributed by atoms with Crippen LogP contribution in [0.1, 0.15) is 5.56 Å². The Labute approximate surface area is 144 Å². The van der Waals surface area contributed by atoms with E-state index in [1.807, 2.05) is 6.07 Å². The number of nitrogens with one attached hydrogen (secondary N) is 1. The van der Waals surface area contributed by atoms with Crippen LogP contribution in [0.2, 0.25) is 5.02 Å². The van der Waals surface area contributed by atoms with E-state index in [1.165, 1.54) is 17.8 Å². The monoisotopic (exact) mass is 370 g/mol. The second-order valence-electron chi connectivity index (χ2n) is 4.82. The van der Waals surface area contributed by atoms with Gasteiger partial charge in [0, 0.05) is 15.6 Å². The molecule has 5 nitrogen and oxygen atoms in total. The van der Waals surface area contributed by atoms with Crippen molar-refractivity contribution in [3.05, 3.63) is 53.1 Å². The highest BCUT2D eigenvalue weighted by Crippen LogP contribution is 2.23. The lowest BCUT2D eigenvalue weighted by molar-refractivity contribution is -0.113. The topological polar surface area (TPSA) is 89.3 Å². The van der Waals surface area contributed by atoms with E-state index in [4.69, 9.17) is 16.7 Å². The molecular weight excluding hydrogens is 356 g/mol. The average molecular weight is 371 g/mol. The molecular formula is C15H15ClN2O3S2. The lowest BCUT2D eigenvalue weighted by atomic mass is 10.2. The van der Waals surface area contributed by atoms with E-state index in [2.05, 4.69) is 5.32 Å². The van der Waals surface area contributed by atoms with Gasteiger partial charge < -0.3 is 5.32 Å². The smallest absolute Gasteiger partial charge is 0.238 e. The molecule has 0 heterocycles. The normalized spacial score (nSPS) is 11.3. The Balaban J connectivity index is 2.03. The molecule has 0 unspecified atom stereocenters. The summed E-state index contributed by atoms with van der Waals surface area (Å²) in [6.45, 7) is 1.64. The number of nitrogens with two attached hydrogens (primary N) is 1. The molecule has 0 aromatic heterocycles. The summed E-state index contributed by atoms with van der Waals surface area (Å²) in [5.41, 5.74) is 0.912. The third-order valence-corrected chi connectivity index (χ3v) is 5.23. The number of hydrogen-bond donors (Lipinski definition) is 2. The summed E-state index contributed by atoms with van der Waals surface area (Å²) < 4.78 is 23.0. The van der Waals surface area contributed by atoms with E-state index in [9.17, 15) is 13.2 Å². The Hall–Kier alpha value is -1.54. The molecule has 2 rings (SSSR count). The largest absolute Gasteiger partial charge is 0.325 e. The molecule has 0 saturated carbocycles. The van der Waals surface area contributed by atoms with Crippen LogP contribution < -0.4 is 10.5 Å². The van der Waals surface area contributed by atoms with Crippen molar-refractivity contribution >= 4 is 45.0 Å². The van der Waals surface area contributed by atoms with Crippen LogP contribution in [0.15, 0.2) is 52.3 Å². The molecule has 0 aliphatic rings. The molecule has 1 amide bonds. The van der Waals surface area contributed by atoms with Crippen molar-refractivity contribution in [3.63, 3.8) is 0 Å². The quantitative estimate of drug-likeness (QED) is 0.791. The number of benzene rings is 2. The molecule has 2 aromatic rings. The molecule has 0 aliphatic heterocycles. The predicted molar refractivity (Wildman–Crippen MR) is 93.4 cm³/mol. The fourth-order valence-electron chi connectivity index (χ4n) is 1.89. The summed E-state index contributed by atoms with van der Waals surface area (Å²) in [6, 6.07) is 11.8. The molecule has 0 bridgehead atoms. The van der Waals surface area contributed by atoms with Gasteiger partial charge in [0.15, 0.2) is 0 Å². The van der Waals surface area contributed by atoms with Gasteiger partial charge in [-0.2, -0.15) is 0 Å². The maximum atomic E-state index is 12.0. The van der Waals surface area contributed by atoms with Crippen LogP contribution in [-0.4, -0.2) is 20.1 Å². The Bertz CT molecular complexity index is 838. The maximum Gasteiger partial charge on any atom is 0.238 e. The van der Waals surface area contributed by atoms with E-state index in [1.54, 1.807) is 37.3 Å². The van der Waals surface area contributed by atoms with Crippen molar-refractivity contribution in [3.8, 4) is 0 Å². The summed E-state index contributed by atoms with van der Waals surface area (Å²) in [5.74, 6) is -0.0713. The molecule has 0 aliphatic carbocycles. The average Bonchev–Trinajstić information content (AvgIpc) is 2.46. The van der Waals surface area contributed by atoms with Gasteiger partial charge in [-0.15, -0.1) is 11.8 Å². The van der Waals surface area contributed by atoms with Crippen molar-refractivity contribution in [2.45, 2.75) is 16.7 Å². The van der Waals surface area contributed by atoms with Crippen LogP contribution in [0.4, 0.5) is 5.69 Å². The van der Waals surface area contributed by atoms with E-state index < -0.39 is 10.0 Å². The Morgan fingerprint density at radius 3 is 2.65 bits per heavy atom. The van der Waals surface area contributed by atoms with Crippen LogP contribution in [0.5, 0.6) is 0 Å². The van der Waals surface area contributed by atoms with Gasteiger partial charge in [0.2, 0.25) is 15.9 Å². The first-order valence-electron chi connectivity index (χ1n) is 6.57. The van der Waals surface area contributed by atoms with Gasteiger partial charge in [0.1, 0.15) is 0 Å².